The molecule has 0 saturated heterocycles. The molecule has 0 spiro atoms. The van der Waals surface area contributed by atoms with Gasteiger partial charge in [-0.1, -0.05) is 41.1 Å². The Kier molecular flexibility index (Phi) is 5.23. The number of hydrogen-bond donors (Lipinski definition) is 1. The Morgan fingerprint density at radius 1 is 1.26 bits per heavy atom. The van der Waals surface area contributed by atoms with Crippen LogP contribution in [0.5, 0.6) is 0 Å². The van der Waals surface area contributed by atoms with Crippen molar-refractivity contribution >= 4 is 15.9 Å². The van der Waals surface area contributed by atoms with E-state index in [1.54, 1.807) is 0 Å². The van der Waals surface area contributed by atoms with Crippen LogP contribution in [0.2, 0.25) is 0 Å². The zero-order chi connectivity index (χ0) is 13.7. The fraction of sp³-hybridized carbons (Fsp3) is 0.375. The van der Waals surface area contributed by atoms with E-state index in [1.165, 1.54) is 22.0 Å². The lowest BCUT2D eigenvalue weighted by Crippen LogP contribution is -2.18. The van der Waals surface area contributed by atoms with Crippen LogP contribution in [0, 0.1) is 0 Å². The lowest BCUT2D eigenvalue weighted by Gasteiger charge is -2.15. The Labute approximate surface area is 124 Å². The van der Waals surface area contributed by atoms with Crippen LogP contribution in [0.1, 0.15) is 37.4 Å². The molecule has 0 fully saturated rings. The first-order valence-electron chi connectivity index (χ1n) is 6.83. The van der Waals surface area contributed by atoms with Gasteiger partial charge in [0.15, 0.2) is 0 Å². The number of halogens is 1. The summed E-state index contributed by atoms with van der Waals surface area (Å²) in [4.78, 5) is 0. The molecule has 0 aliphatic carbocycles. The molecule has 0 unspecified atom stereocenters. The first-order valence-corrected chi connectivity index (χ1v) is 7.62. The molecule has 0 amide bonds. The molecule has 2 nitrogen and oxygen atoms in total. The standard InChI is InChI=1S/C16H21BrN2/c1-3-9-19-10-8-14(12-19)11-18-13(2)15-6-4-5-7-16(15)17/h4-8,10,12-13,18H,3,9,11H2,1-2H3/t13-/m1/s1. The molecule has 1 heterocycles. The van der Waals surface area contributed by atoms with Crippen molar-refractivity contribution in [3.05, 3.63) is 58.3 Å². The van der Waals surface area contributed by atoms with Crippen LogP contribution in [0.25, 0.3) is 0 Å². The van der Waals surface area contributed by atoms with E-state index in [0.717, 1.165) is 13.1 Å². The molecule has 19 heavy (non-hydrogen) atoms. The molecule has 0 saturated carbocycles. The fourth-order valence-corrected chi connectivity index (χ4v) is 2.83. The number of aromatic nitrogens is 1. The monoisotopic (exact) mass is 320 g/mol. The van der Waals surface area contributed by atoms with Crippen LogP contribution in [0.15, 0.2) is 47.2 Å². The summed E-state index contributed by atoms with van der Waals surface area (Å²) < 4.78 is 3.42. The van der Waals surface area contributed by atoms with Crippen molar-refractivity contribution in [3.8, 4) is 0 Å². The van der Waals surface area contributed by atoms with Gasteiger partial charge in [0.1, 0.15) is 0 Å². The van der Waals surface area contributed by atoms with E-state index in [-0.39, 0.29) is 0 Å². The molecule has 1 aromatic heterocycles. The van der Waals surface area contributed by atoms with Gasteiger partial charge in [0.05, 0.1) is 0 Å². The number of benzene rings is 1. The second-order valence-electron chi connectivity index (χ2n) is 4.88. The SMILES string of the molecule is CCCn1ccc(CN[C@H](C)c2ccccc2Br)c1. The van der Waals surface area contributed by atoms with Crippen molar-refractivity contribution in [2.45, 2.75) is 39.4 Å². The van der Waals surface area contributed by atoms with Crippen LogP contribution in [0.3, 0.4) is 0 Å². The molecular weight excluding hydrogens is 300 g/mol. The van der Waals surface area contributed by atoms with Crippen LogP contribution in [0.4, 0.5) is 0 Å². The maximum absolute atomic E-state index is 3.60. The van der Waals surface area contributed by atoms with Gasteiger partial charge in [-0.3, -0.25) is 0 Å². The first kappa shape index (κ1) is 14.4. The maximum Gasteiger partial charge on any atom is 0.0306 e. The molecule has 2 rings (SSSR count). The molecular formula is C16H21BrN2. The van der Waals surface area contributed by atoms with Crippen molar-refractivity contribution in [1.82, 2.24) is 9.88 Å². The number of nitrogens with one attached hydrogen (secondary N) is 1. The first-order chi connectivity index (χ1) is 9.20. The molecule has 102 valence electrons. The van der Waals surface area contributed by atoms with E-state index in [2.05, 4.69) is 76.3 Å². The second kappa shape index (κ2) is 6.92. The average molecular weight is 321 g/mol. The third kappa shape index (κ3) is 3.95. The molecule has 3 heteroatoms. The van der Waals surface area contributed by atoms with E-state index in [1.807, 2.05) is 6.07 Å². The predicted octanol–water partition coefficient (Wildman–Crippen LogP) is 4.51. The topological polar surface area (TPSA) is 17.0 Å². The summed E-state index contributed by atoms with van der Waals surface area (Å²) in [5.41, 5.74) is 2.64. The van der Waals surface area contributed by atoms with Gasteiger partial charge in [-0.15, -0.1) is 0 Å². The molecule has 0 bridgehead atoms. The lowest BCUT2D eigenvalue weighted by atomic mass is 10.1. The maximum atomic E-state index is 3.60. The highest BCUT2D eigenvalue weighted by Crippen LogP contribution is 2.22. The lowest BCUT2D eigenvalue weighted by molar-refractivity contribution is 0.571. The number of hydrogen-bond acceptors (Lipinski definition) is 1. The highest BCUT2D eigenvalue weighted by molar-refractivity contribution is 9.10. The molecule has 1 N–H and O–H groups in total. The summed E-state index contributed by atoms with van der Waals surface area (Å²) in [7, 11) is 0. The summed E-state index contributed by atoms with van der Waals surface area (Å²) in [5, 5.41) is 3.57. The molecule has 0 aliphatic rings. The van der Waals surface area contributed by atoms with Gasteiger partial charge < -0.3 is 9.88 Å². The van der Waals surface area contributed by atoms with Crippen LogP contribution in [-0.4, -0.2) is 4.57 Å². The number of aryl methyl sites for hydroxylation is 1. The van der Waals surface area contributed by atoms with Gasteiger partial charge in [-0.2, -0.15) is 0 Å². The Bertz CT molecular complexity index is 519. The van der Waals surface area contributed by atoms with E-state index in [4.69, 9.17) is 0 Å². The third-order valence-corrected chi connectivity index (χ3v) is 4.00. The van der Waals surface area contributed by atoms with Crippen LogP contribution < -0.4 is 5.32 Å². The summed E-state index contributed by atoms with van der Waals surface area (Å²) in [6.07, 6.45) is 5.56. The van der Waals surface area contributed by atoms with Crippen LogP contribution in [-0.2, 0) is 13.1 Å². The van der Waals surface area contributed by atoms with Crippen LogP contribution >= 0.6 is 15.9 Å². The highest BCUT2D eigenvalue weighted by atomic mass is 79.9. The summed E-state index contributed by atoms with van der Waals surface area (Å²) in [6, 6.07) is 10.9. The summed E-state index contributed by atoms with van der Waals surface area (Å²) in [5.74, 6) is 0. The Morgan fingerprint density at radius 3 is 2.79 bits per heavy atom. The Balaban J connectivity index is 1.92. The van der Waals surface area contributed by atoms with E-state index in [9.17, 15) is 0 Å². The summed E-state index contributed by atoms with van der Waals surface area (Å²) >= 11 is 3.60. The zero-order valence-corrected chi connectivity index (χ0v) is 13.2. The number of rotatable bonds is 6. The van der Waals surface area contributed by atoms with Crippen molar-refractivity contribution < 1.29 is 0 Å². The van der Waals surface area contributed by atoms with Crippen molar-refractivity contribution in [3.63, 3.8) is 0 Å². The van der Waals surface area contributed by atoms with E-state index >= 15 is 0 Å². The van der Waals surface area contributed by atoms with Gasteiger partial charge in [0.25, 0.3) is 0 Å². The largest absolute Gasteiger partial charge is 0.354 e. The molecule has 1 atom stereocenters. The molecule has 1 aromatic carbocycles. The van der Waals surface area contributed by atoms with E-state index < -0.39 is 0 Å². The Hall–Kier alpha value is -1.06. The minimum Gasteiger partial charge on any atom is -0.354 e. The normalized spacial score (nSPS) is 12.6. The van der Waals surface area contributed by atoms with E-state index in [0.29, 0.717) is 6.04 Å². The van der Waals surface area contributed by atoms with Gasteiger partial charge in [0.2, 0.25) is 0 Å². The molecule has 0 radical (unpaired) electrons. The van der Waals surface area contributed by atoms with Crippen molar-refractivity contribution in [2.24, 2.45) is 0 Å². The minimum atomic E-state index is 0.338. The van der Waals surface area contributed by atoms with Gasteiger partial charge in [-0.05, 0) is 36.6 Å². The minimum absolute atomic E-state index is 0.338. The fourth-order valence-electron chi connectivity index (χ4n) is 2.20. The molecule has 2 aromatic rings. The third-order valence-electron chi connectivity index (χ3n) is 3.28. The van der Waals surface area contributed by atoms with Gasteiger partial charge in [-0.25, -0.2) is 0 Å². The molecule has 0 aliphatic heterocycles. The van der Waals surface area contributed by atoms with Crippen molar-refractivity contribution in [2.75, 3.05) is 0 Å². The average Bonchev–Trinajstić information content (AvgIpc) is 2.85. The number of nitrogens with zero attached hydrogens (tertiary/aromatic N) is 1. The van der Waals surface area contributed by atoms with Crippen molar-refractivity contribution in [1.29, 1.82) is 0 Å². The smallest absolute Gasteiger partial charge is 0.0306 e. The Morgan fingerprint density at radius 2 is 2.05 bits per heavy atom. The summed E-state index contributed by atoms with van der Waals surface area (Å²) in [6.45, 7) is 6.40. The van der Waals surface area contributed by atoms with Gasteiger partial charge in [0, 0.05) is 36.0 Å². The van der Waals surface area contributed by atoms with Gasteiger partial charge >= 0.3 is 0 Å². The second-order valence-corrected chi connectivity index (χ2v) is 5.74. The zero-order valence-electron chi connectivity index (χ0n) is 11.6. The predicted molar refractivity (Wildman–Crippen MR) is 84.1 cm³/mol. The quantitative estimate of drug-likeness (QED) is 0.828. The highest BCUT2D eigenvalue weighted by Gasteiger charge is 2.08.